The summed E-state index contributed by atoms with van der Waals surface area (Å²) in [4.78, 5) is 20.2. The summed E-state index contributed by atoms with van der Waals surface area (Å²) in [6.07, 6.45) is 4.08. The Morgan fingerprint density at radius 3 is 2.60 bits per heavy atom. The summed E-state index contributed by atoms with van der Waals surface area (Å²) in [7, 11) is 3.25. The number of nitrogens with zero attached hydrogens (tertiary/aromatic N) is 2. The largest absolute Gasteiger partial charge is 0.497 e. The molecular formula is C24H31N3O3. The molecule has 6 heteroatoms. The van der Waals surface area contributed by atoms with Crippen LogP contribution >= 0.6 is 0 Å². The van der Waals surface area contributed by atoms with E-state index >= 15 is 0 Å². The number of aryl methyl sites for hydroxylation is 2. The number of methoxy groups -OCH3 is 2. The number of pyridine rings is 1. The first-order chi connectivity index (χ1) is 14.4. The molecule has 160 valence electrons. The van der Waals surface area contributed by atoms with Crippen molar-refractivity contribution >= 4 is 11.7 Å². The van der Waals surface area contributed by atoms with Crippen LogP contribution in [0.5, 0.6) is 11.5 Å². The number of piperidine rings is 1. The van der Waals surface area contributed by atoms with E-state index in [0.29, 0.717) is 18.0 Å². The molecule has 30 heavy (non-hydrogen) atoms. The van der Waals surface area contributed by atoms with Gasteiger partial charge >= 0.3 is 0 Å². The van der Waals surface area contributed by atoms with Crippen molar-refractivity contribution in [3.05, 3.63) is 47.2 Å². The van der Waals surface area contributed by atoms with Gasteiger partial charge in [0, 0.05) is 24.8 Å². The van der Waals surface area contributed by atoms with Gasteiger partial charge in [-0.3, -0.25) is 4.79 Å². The van der Waals surface area contributed by atoms with Gasteiger partial charge in [0.05, 0.1) is 25.7 Å². The summed E-state index contributed by atoms with van der Waals surface area (Å²) in [6.45, 7) is 5.49. The van der Waals surface area contributed by atoms with Crippen LogP contribution in [0.4, 0.5) is 5.82 Å². The topological polar surface area (TPSA) is 63.7 Å². The Kier molecular flexibility index (Phi) is 5.58. The van der Waals surface area contributed by atoms with E-state index in [1.165, 1.54) is 5.56 Å². The standard InChI is InChI=1S/C24H31N3O3/c1-16-6-7-18-8-10-24(26-22(18)25-16)9-5-11-27(15-24)23(28)17(2)19-12-20(29-3)14-21(13-19)30-4/h6-7,12-14,17H,5,8-11,15H2,1-4H3,(H,25,26)/t17-,24+/m1/s1. The Balaban J connectivity index is 1.53. The van der Waals surface area contributed by atoms with Crippen LogP contribution in [0.1, 0.15) is 48.9 Å². The third-order valence-corrected chi connectivity index (χ3v) is 6.51. The second kappa shape index (κ2) is 8.17. The van der Waals surface area contributed by atoms with Crippen LogP contribution in [0.25, 0.3) is 0 Å². The maximum Gasteiger partial charge on any atom is 0.229 e. The average molecular weight is 410 g/mol. The molecule has 0 bridgehead atoms. The predicted octanol–water partition coefficient (Wildman–Crippen LogP) is 3.93. The molecule has 0 radical (unpaired) electrons. The Morgan fingerprint density at radius 1 is 1.17 bits per heavy atom. The van der Waals surface area contributed by atoms with Gasteiger partial charge < -0.3 is 19.7 Å². The van der Waals surface area contributed by atoms with Crippen molar-refractivity contribution in [2.24, 2.45) is 0 Å². The molecule has 0 unspecified atom stereocenters. The van der Waals surface area contributed by atoms with Gasteiger partial charge in [-0.1, -0.05) is 6.07 Å². The van der Waals surface area contributed by atoms with Gasteiger partial charge in [0.15, 0.2) is 0 Å². The zero-order valence-electron chi connectivity index (χ0n) is 18.3. The summed E-state index contributed by atoms with van der Waals surface area (Å²) in [6, 6.07) is 9.91. The first-order valence-electron chi connectivity index (χ1n) is 10.7. The van der Waals surface area contributed by atoms with Crippen molar-refractivity contribution in [2.75, 3.05) is 32.6 Å². The van der Waals surface area contributed by atoms with Crippen LogP contribution in [0, 0.1) is 6.92 Å². The normalized spacial score (nSPS) is 21.5. The molecule has 2 aliphatic heterocycles. The lowest BCUT2D eigenvalue weighted by Gasteiger charge is -2.46. The number of rotatable bonds is 4. The fraction of sp³-hybridized carbons (Fsp3) is 0.500. The molecule has 3 heterocycles. The van der Waals surface area contributed by atoms with Gasteiger partial charge in [0.2, 0.25) is 5.91 Å². The van der Waals surface area contributed by atoms with Gasteiger partial charge in [-0.2, -0.15) is 0 Å². The van der Waals surface area contributed by atoms with Crippen molar-refractivity contribution in [1.82, 2.24) is 9.88 Å². The van der Waals surface area contributed by atoms with Crippen molar-refractivity contribution in [3.63, 3.8) is 0 Å². The number of hydrogen-bond acceptors (Lipinski definition) is 5. The lowest BCUT2D eigenvalue weighted by molar-refractivity contribution is -0.134. The van der Waals surface area contributed by atoms with Crippen molar-refractivity contribution < 1.29 is 14.3 Å². The van der Waals surface area contributed by atoms with Gasteiger partial charge in [-0.25, -0.2) is 4.98 Å². The molecule has 2 aliphatic rings. The number of benzene rings is 1. The third kappa shape index (κ3) is 3.95. The molecule has 1 N–H and O–H groups in total. The lowest BCUT2D eigenvalue weighted by atomic mass is 9.80. The molecular weight excluding hydrogens is 378 g/mol. The van der Waals surface area contributed by atoms with Crippen LogP contribution in [0.15, 0.2) is 30.3 Å². The maximum atomic E-state index is 13.4. The molecule has 1 spiro atoms. The summed E-state index contributed by atoms with van der Waals surface area (Å²) in [5.74, 6) is 2.27. The number of carbonyl (C=O) groups excluding carboxylic acids is 1. The summed E-state index contributed by atoms with van der Waals surface area (Å²) >= 11 is 0. The summed E-state index contributed by atoms with van der Waals surface area (Å²) in [5, 5.41) is 3.71. The minimum atomic E-state index is -0.264. The fourth-order valence-electron chi connectivity index (χ4n) is 4.70. The smallest absolute Gasteiger partial charge is 0.229 e. The number of hydrogen-bond donors (Lipinski definition) is 1. The number of aromatic nitrogens is 1. The molecule has 2 aromatic rings. The summed E-state index contributed by atoms with van der Waals surface area (Å²) in [5.41, 5.74) is 3.11. The van der Waals surface area contributed by atoms with Gasteiger partial charge in [-0.15, -0.1) is 0 Å². The molecule has 1 aromatic carbocycles. The molecule has 2 atom stereocenters. The van der Waals surface area contributed by atoms with E-state index in [2.05, 4.69) is 17.4 Å². The highest BCUT2D eigenvalue weighted by Crippen LogP contribution is 2.37. The Morgan fingerprint density at radius 2 is 1.90 bits per heavy atom. The number of carbonyl (C=O) groups is 1. The second-order valence-corrected chi connectivity index (χ2v) is 8.60. The first-order valence-corrected chi connectivity index (χ1v) is 10.7. The van der Waals surface area contributed by atoms with E-state index in [9.17, 15) is 4.79 Å². The van der Waals surface area contributed by atoms with Crippen molar-refractivity contribution in [2.45, 2.75) is 51.0 Å². The van der Waals surface area contributed by atoms with Gasteiger partial charge in [0.1, 0.15) is 17.3 Å². The number of fused-ring (bicyclic) bond motifs is 1. The van der Waals surface area contributed by atoms with E-state index in [-0.39, 0.29) is 17.4 Å². The lowest BCUT2D eigenvalue weighted by Crippen LogP contribution is -2.56. The monoisotopic (exact) mass is 409 g/mol. The molecule has 6 nitrogen and oxygen atoms in total. The van der Waals surface area contributed by atoms with E-state index in [4.69, 9.17) is 14.5 Å². The highest BCUT2D eigenvalue weighted by atomic mass is 16.5. The minimum Gasteiger partial charge on any atom is -0.497 e. The van der Waals surface area contributed by atoms with E-state index in [1.807, 2.05) is 36.9 Å². The zero-order valence-corrected chi connectivity index (χ0v) is 18.3. The average Bonchev–Trinajstić information content (AvgIpc) is 2.77. The SMILES string of the molecule is COc1cc(OC)cc([C@@H](C)C(=O)N2CCC[C@]3(CCc4ccc(C)nc4N3)C2)c1. The van der Waals surface area contributed by atoms with Crippen LogP contribution in [0.2, 0.25) is 0 Å². The van der Waals surface area contributed by atoms with E-state index < -0.39 is 0 Å². The molecule has 0 saturated carbocycles. The Hall–Kier alpha value is -2.76. The third-order valence-electron chi connectivity index (χ3n) is 6.51. The molecule has 1 aromatic heterocycles. The summed E-state index contributed by atoms with van der Waals surface area (Å²) < 4.78 is 10.8. The van der Waals surface area contributed by atoms with Crippen LogP contribution in [0.3, 0.4) is 0 Å². The highest BCUT2D eigenvalue weighted by molar-refractivity contribution is 5.84. The number of likely N-dealkylation sites (tertiary alicyclic amines) is 1. The highest BCUT2D eigenvalue weighted by Gasteiger charge is 2.40. The molecule has 0 aliphatic carbocycles. The van der Waals surface area contributed by atoms with Gasteiger partial charge in [-0.05, 0) is 68.9 Å². The molecule has 1 fully saturated rings. The number of amides is 1. The van der Waals surface area contributed by atoms with Crippen molar-refractivity contribution in [1.29, 1.82) is 0 Å². The fourth-order valence-corrected chi connectivity index (χ4v) is 4.70. The Bertz CT molecular complexity index is 923. The number of ether oxygens (including phenoxy) is 2. The molecule has 1 amide bonds. The van der Waals surface area contributed by atoms with Crippen molar-refractivity contribution in [3.8, 4) is 11.5 Å². The number of anilines is 1. The zero-order chi connectivity index (χ0) is 21.3. The quantitative estimate of drug-likeness (QED) is 0.829. The Labute approximate surface area is 178 Å². The predicted molar refractivity (Wildman–Crippen MR) is 117 cm³/mol. The van der Waals surface area contributed by atoms with Crippen LogP contribution in [-0.4, -0.2) is 48.6 Å². The molecule has 1 saturated heterocycles. The maximum absolute atomic E-state index is 13.4. The van der Waals surface area contributed by atoms with E-state index in [0.717, 1.165) is 49.3 Å². The molecule has 4 rings (SSSR count). The number of nitrogens with one attached hydrogen (secondary N) is 1. The second-order valence-electron chi connectivity index (χ2n) is 8.60. The van der Waals surface area contributed by atoms with Gasteiger partial charge in [0.25, 0.3) is 0 Å². The minimum absolute atomic E-state index is 0.0898. The van der Waals surface area contributed by atoms with E-state index in [1.54, 1.807) is 14.2 Å². The van der Waals surface area contributed by atoms with Crippen LogP contribution in [-0.2, 0) is 11.2 Å². The first kappa shape index (κ1) is 20.5. The van der Waals surface area contributed by atoms with Crippen LogP contribution < -0.4 is 14.8 Å².